The molecular formula is C18H22N4O2S. The molecule has 0 bridgehead atoms. The van der Waals surface area contributed by atoms with E-state index in [-0.39, 0.29) is 4.90 Å². The van der Waals surface area contributed by atoms with Crippen LogP contribution < -0.4 is 4.72 Å². The molecule has 3 aromatic rings. The van der Waals surface area contributed by atoms with Gasteiger partial charge >= 0.3 is 0 Å². The smallest absolute Gasteiger partial charge is 0.265 e. The van der Waals surface area contributed by atoms with E-state index in [0.29, 0.717) is 17.1 Å². The molecule has 0 unspecified atom stereocenters. The van der Waals surface area contributed by atoms with Gasteiger partial charge in [-0.05, 0) is 64.1 Å². The van der Waals surface area contributed by atoms with Crippen molar-refractivity contribution in [3.05, 3.63) is 59.2 Å². The second-order valence-corrected chi connectivity index (χ2v) is 7.85. The fourth-order valence-corrected chi connectivity index (χ4v) is 4.60. The van der Waals surface area contributed by atoms with Gasteiger partial charge in [0.1, 0.15) is 4.90 Å². The molecule has 2 heterocycles. The average molecular weight is 358 g/mol. The molecule has 0 saturated carbocycles. The minimum Gasteiger partial charge on any atom is -0.319 e. The van der Waals surface area contributed by atoms with Gasteiger partial charge in [-0.2, -0.15) is 5.10 Å². The van der Waals surface area contributed by atoms with Crippen molar-refractivity contribution in [2.75, 3.05) is 4.72 Å². The molecule has 7 heteroatoms. The summed E-state index contributed by atoms with van der Waals surface area (Å²) in [6.45, 7) is 7.52. The van der Waals surface area contributed by atoms with Crippen LogP contribution in [0.4, 0.5) is 5.69 Å². The lowest BCUT2D eigenvalue weighted by Gasteiger charge is -2.12. The van der Waals surface area contributed by atoms with Crippen molar-refractivity contribution in [2.24, 2.45) is 7.05 Å². The zero-order chi connectivity index (χ0) is 18.4. The third-order valence-electron chi connectivity index (χ3n) is 4.36. The van der Waals surface area contributed by atoms with Gasteiger partial charge in [0.05, 0.1) is 11.4 Å². The number of aryl methyl sites for hydroxylation is 4. The maximum absolute atomic E-state index is 12.7. The van der Waals surface area contributed by atoms with E-state index in [1.807, 2.05) is 26.0 Å². The van der Waals surface area contributed by atoms with E-state index in [1.54, 1.807) is 37.7 Å². The van der Waals surface area contributed by atoms with Crippen LogP contribution in [0.3, 0.4) is 0 Å². The number of nitrogens with one attached hydrogen (secondary N) is 1. The maximum Gasteiger partial charge on any atom is 0.265 e. The van der Waals surface area contributed by atoms with E-state index in [1.165, 1.54) is 0 Å². The van der Waals surface area contributed by atoms with Crippen LogP contribution in [0, 0.1) is 27.7 Å². The fraction of sp³-hybridized carbons (Fsp3) is 0.278. The molecule has 25 heavy (non-hydrogen) atoms. The van der Waals surface area contributed by atoms with Gasteiger partial charge in [0, 0.05) is 29.8 Å². The number of rotatable bonds is 4. The Morgan fingerprint density at radius 2 is 1.48 bits per heavy atom. The standard InChI is InChI=1S/C18H22N4O2S/c1-12-6-7-13(2)22(12)17-10-8-16(9-11-17)20-25(23,24)18-14(3)19-21(5)15(18)4/h6-11,20H,1-5H3. The lowest BCUT2D eigenvalue weighted by atomic mass is 10.2. The van der Waals surface area contributed by atoms with Crippen LogP contribution in [0.5, 0.6) is 0 Å². The Morgan fingerprint density at radius 1 is 0.920 bits per heavy atom. The Hall–Kier alpha value is -2.54. The first-order chi connectivity index (χ1) is 11.7. The molecule has 132 valence electrons. The summed E-state index contributed by atoms with van der Waals surface area (Å²) in [6, 6.07) is 11.5. The van der Waals surface area contributed by atoms with Gasteiger partial charge in [-0.3, -0.25) is 9.40 Å². The number of sulfonamides is 1. The lowest BCUT2D eigenvalue weighted by Crippen LogP contribution is -2.15. The third kappa shape index (κ3) is 3.07. The molecular weight excluding hydrogens is 336 g/mol. The van der Waals surface area contributed by atoms with Crippen LogP contribution in [0.15, 0.2) is 41.3 Å². The third-order valence-corrected chi connectivity index (χ3v) is 5.99. The molecule has 0 spiro atoms. The van der Waals surface area contributed by atoms with Crippen molar-refractivity contribution in [2.45, 2.75) is 32.6 Å². The number of nitrogens with zero attached hydrogens (tertiary/aromatic N) is 3. The molecule has 0 aliphatic rings. The fourth-order valence-electron chi connectivity index (χ4n) is 3.10. The predicted octanol–water partition coefficient (Wildman–Crippen LogP) is 3.25. The first kappa shape index (κ1) is 17.3. The van der Waals surface area contributed by atoms with Gasteiger partial charge in [0.2, 0.25) is 0 Å². The van der Waals surface area contributed by atoms with Crippen LogP contribution in [0.2, 0.25) is 0 Å². The van der Waals surface area contributed by atoms with Gasteiger partial charge in [0.15, 0.2) is 0 Å². The molecule has 0 radical (unpaired) electrons. The first-order valence-corrected chi connectivity index (χ1v) is 9.47. The van der Waals surface area contributed by atoms with Crippen LogP contribution in [-0.2, 0) is 17.1 Å². The van der Waals surface area contributed by atoms with E-state index in [4.69, 9.17) is 0 Å². The maximum atomic E-state index is 12.7. The number of hydrogen-bond donors (Lipinski definition) is 1. The highest BCUT2D eigenvalue weighted by Gasteiger charge is 2.23. The van der Waals surface area contributed by atoms with Crippen molar-refractivity contribution in [1.29, 1.82) is 0 Å². The summed E-state index contributed by atoms with van der Waals surface area (Å²) < 4.78 is 31.8. The van der Waals surface area contributed by atoms with Crippen molar-refractivity contribution >= 4 is 15.7 Å². The average Bonchev–Trinajstić information content (AvgIpc) is 2.99. The monoisotopic (exact) mass is 358 g/mol. The van der Waals surface area contributed by atoms with E-state index in [9.17, 15) is 8.42 Å². The highest BCUT2D eigenvalue weighted by molar-refractivity contribution is 7.92. The van der Waals surface area contributed by atoms with Gasteiger partial charge in [-0.15, -0.1) is 0 Å². The molecule has 0 aliphatic carbocycles. The SMILES string of the molecule is Cc1nn(C)c(C)c1S(=O)(=O)Nc1ccc(-n2c(C)ccc2C)cc1. The molecule has 2 aromatic heterocycles. The summed E-state index contributed by atoms with van der Waals surface area (Å²) in [7, 11) is -1.94. The Morgan fingerprint density at radius 3 is 1.96 bits per heavy atom. The van der Waals surface area contributed by atoms with E-state index in [2.05, 4.69) is 26.5 Å². The van der Waals surface area contributed by atoms with Crippen LogP contribution in [0.1, 0.15) is 22.8 Å². The summed E-state index contributed by atoms with van der Waals surface area (Å²) >= 11 is 0. The normalized spacial score (nSPS) is 11.7. The van der Waals surface area contributed by atoms with Crippen LogP contribution in [-0.4, -0.2) is 22.8 Å². The van der Waals surface area contributed by atoms with Crippen molar-refractivity contribution in [3.63, 3.8) is 0 Å². The summed E-state index contributed by atoms with van der Waals surface area (Å²) in [6.07, 6.45) is 0. The van der Waals surface area contributed by atoms with Crippen molar-refractivity contribution in [1.82, 2.24) is 14.3 Å². The molecule has 0 fully saturated rings. The molecule has 1 aromatic carbocycles. The molecule has 0 aliphatic heterocycles. The van der Waals surface area contributed by atoms with Crippen molar-refractivity contribution in [3.8, 4) is 5.69 Å². The van der Waals surface area contributed by atoms with Gasteiger partial charge in [-0.25, -0.2) is 8.42 Å². The van der Waals surface area contributed by atoms with E-state index >= 15 is 0 Å². The molecule has 0 saturated heterocycles. The summed E-state index contributed by atoms with van der Waals surface area (Å²) in [5.74, 6) is 0. The quantitative estimate of drug-likeness (QED) is 0.778. The van der Waals surface area contributed by atoms with Crippen LogP contribution >= 0.6 is 0 Å². The number of anilines is 1. The van der Waals surface area contributed by atoms with Crippen LogP contribution in [0.25, 0.3) is 5.69 Å². The zero-order valence-corrected chi connectivity index (χ0v) is 15.8. The Balaban J connectivity index is 1.91. The summed E-state index contributed by atoms with van der Waals surface area (Å²) in [5, 5.41) is 4.18. The minimum atomic E-state index is -3.68. The van der Waals surface area contributed by atoms with Gasteiger partial charge < -0.3 is 4.57 Å². The second kappa shape index (κ2) is 6.07. The Bertz CT molecular complexity index is 1010. The largest absolute Gasteiger partial charge is 0.319 e. The topological polar surface area (TPSA) is 68.9 Å². The second-order valence-electron chi connectivity index (χ2n) is 6.23. The first-order valence-electron chi connectivity index (χ1n) is 7.99. The summed E-state index contributed by atoms with van der Waals surface area (Å²) in [4.78, 5) is 0.233. The molecule has 0 atom stereocenters. The number of hydrogen-bond acceptors (Lipinski definition) is 3. The van der Waals surface area contributed by atoms with E-state index in [0.717, 1.165) is 17.1 Å². The lowest BCUT2D eigenvalue weighted by molar-refractivity contribution is 0.599. The minimum absolute atomic E-state index is 0.233. The highest BCUT2D eigenvalue weighted by atomic mass is 32.2. The summed E-state index contributed by atoms with van der Waals surface area (Å²) in [5.41, 5.74) is 4.88. The Labute approximate surface area is 148 Å². The predicted molar refractivity (Wildman–Crippen MR) is 98.7 cm³/mol. The number of aromatic nitrogens is 3. The van der Waals surface area contributed by atoms with Crippen molar-refractivity contribution < 1.29 is 8.42 Å². The highest BCUT2D eigenvalue weighted by Crippen LogP contribution is 2.23. The van der Waals surface area contributed by atoms with Gasteiger partial charge in [-0.1, -0.05) is 0 Å². The molecule has 1 N–H and O–H groups in total. The Kier molecular flexibility index (Phi) is 4.20. The van der Waals surface area contributed by atoms with E-state index < -0.39 is 10.0 Å². The molecule has 3 rings (SSSR count). The zero-order valence-electron chi connectivity index (χ0n) is 15.0. The molecule has 0 amide bonds. The van der Waals surface area contributed by atoms with Gasteiger partial charge in [0.25, 0.3) is 10.0 Å². The number of benzene rings is 1. The molecule has 6 nitrogen and oxygen atoms in total.